The predicted octanol–water partition coefficient (Wildman–Crippen LogP) is 1.45. The Bertz CT molecular complexity index is 420. The second-order valence-corrected chi connectivity index (χ2v) is 3.82. The number of carbonyl (C=O) groups is 1. The molecule has 0 fully saturated rings. The molecule has 0 saturated carbocycles. The highest BCUT2D eigenvalue weighted by Crippen LogP contribution is 2.15. The van der Waals surface area contributed by atoms with Crippen LogP contribution in [0.3, 0.4) is 0 Å². The van der Waals surface area contributed by atoms with E-state index in [0.717, 1.165) is 0 Å². The monoisotopic (exact) mass is 239 g/mol. The third-order valence-corrected chi connectivity index (χ3v) is 2.33. The zero-order valence-electron chi connectivity index (χ0n) is 8.61. The minimum atomic E-state index is -1.71. The molecule has 5 heteroatoms. The maximum absolute atomic E-state index is 10.8. The van der Waals surface area contributed by atoms with Gasteiger partial charge in [-0.3, -0.25) is 4.79 Å². The van der Waals surface area contributed by atoms with E-state index in [1.165, 1.54) is 6.92 Å². The molecule has 0 amide bonds. The summed E-state index contributed by atoms with van der Waals surface area (Å²) in [4.78, 5) is 10.8. The van der Waals surface area contributed by atoms with Crippen molar-refractivity contribution < 1.29 is 14.6 Å². The maximum Gasteiger partial charge on any atom is 0.256 e. The number of hydrogen-bond donors (Lipinski definition) is 1. The van der Waals surface area contributed by atoms with Crippen molar-refractivity contribution in [2.45, 2.75) is 12.5 Å². The number of nitriles is 1. The van der Waals surface area contributed by atoms with Gasteiger partial charge >= 0.3 is 0 Å². The lowest BCUT2D eigenvalue weighted by molar-refractivity contribution is -0.129. The SMILES string of the molecule is C[C@@](O)(COc1ccc(C#N)cc1)C(=O)Cl. The Hall–Kier alpha value is -1.57. The van der Waals surface area contributed by atoms with Crippen molar-refractivity contribution in [3.8, 4) is 11.8 Å². The van der Waals surface area contributed by atoms with Gasteiger partial charge in [0.25, 0.3) is 5.24 Å². The van der Waals surface area contributed by atoms with Gasteiger partial charge in [-0.2, -0.15) is 5.26 Å². The standard InChI is InChI=1S/C11H10ClNO3/c1-11(15,10(12)14)7-16-9-4-2-8(6-13)3-5-9/h2-5,15H,7H2,1H3/t11-/m1/s1. The number of halogens is 1. The highest BCUT2D eigenvalue weighted by Gasteiger charge is 2.29. The average molecular weight is 240 g/mol. The Balaban J connectivity index is 2.62. The van der Waals surface area contributed by atoms with Crippen molar-refractivity contribution in [2.75, 3.05) is 6.61 Å². The summed E-state index contributed by atoms with van der Waals surface area (Å²) in [7, 11) is 0. The van der Waals surface area contributed by atoms with Gasteiger partial charge in [-0.25, -0.2) is 0 Å². The van der Waals surface area contributed by atoms with Gasteiger partial charge in [0.1, 0.15) is 12.4 Å². The van der Waals surface area contributed by atoms with Crippen LogP contribution < -0.4 is 4.74 Å². The predicted molar refractivity (Wildman–Crippen MR) is 58.1 cm³/mol. The van der Waals surface area contributed by atoms with Crippen LogP contribution in [0.5, 0.6) is 5.75 Å². The summed E-state index contributed by atoms with van der Waals surface area (Å²) in [6, 6.07) is 8.27. The van der Waals surface area contributed by atoms with E-state index in [-0.39, 0.29) is 6.61 Å². The largest absolute Gasteiger partial charge is 0.490 e. The van der Waals surface area contributed by atoms with Gasteiger partial charge in [0.15, 0.2) is 5.60 Å². The zero-order chi connectivity index (χ0) is 12.2. The van der Waals surface area contributed by atoms with Crippen LogP contribution in [0.4, 0.5) is 0 Å². The molecule has 0 aliphatic heterocycles. The Labute approximate surface area is 98.0 Å². The Morgan fingerprint density at radius 3 is 2.56 bits per heavy atom. The molecule has 16 heavy (non-hydrogen) atoms. The van der Waals surface area contributed by atoms with Gasteiger partial charge in [0.05, 0.1) is 11.6 Å². The maximum atomic E-state index is 10.8. The molecule has 0 radical (unpaired) electrons. The van der Waals surface area contributed by atoms with Crippen LogP contribution in [0.15, 0.2) is 24.3 Å². The summed E-state index contributed by atoms with van der Waals surface area (Å²) in [5.41, 5.74) is -1.21. The highest BCUT2D eigenvalue weighted by atomic mass is 35.5. The third kappa shape index (κ3) is 3.23. The van der Waals surface area contributed by atoms with E-state index in [2.05, 4.69) is 0 Å². The molecule has 4 nitrogen and oxygen atoms in total. The zero-order valence-corrected chi connectivity index (χ0v) is 9.36. The molecule has 1 aromatic carbocycles. The van der Waals surface area contributed by atoms with Crippen molar-refractivity contribution in [3.63, 3.8) is 0 Å². The van der Waals surface area contributed by atoms with E-state index in [1.54, 1.807) is 24.3 Å². The molecule has 1 rings (SSSR count). The molecule has 0 saturated heterocycles. The number of benzene rings is 1. The van der Waals surface area contributed by atoms with E-state index >= 15 is 0 Å². The van der Waals surface area contributed by atoms with Crippen molar-refractivity contribution in [1.82, 2.24) is 0 Å². The number of carbonyl (C=O) groups excluding carboxylic acids is 1. The fourth-order valence-corrected chi connectivity index (χ4v) is 0.961. The summed E-state index contributed by atoms with van der Waals surface area (Å²) >= 11 is 5.17. The molecule has 0 aliphatic rings. The first-order valence-electron chi connectivity index (χ1n) is 4.51. The number of rotatable bonds is 4. The molecule has 0 bridgehead atoms. The van der Waals surface area contributed by atoms with Crippen LogP contribution >= 0.6 is 11.6 Å². The Morgan fingerprint density at radius 1 is 1.56 bits per heavy atom. The van der Waals surface area contributed by atoms with E-state index in [4.69, 9.17) is 21.6 Å². The van der Waals surface area contributed by atoms with Crippen molar-refractivity contribution in [2.24, 2.45) is 0 Å². The van der Waals surface area contributed by atoms with Gasteiger partial charge < -0.3 is 9.84 Å². The third-order valence-electron chi connectivity index (χ3n) is 1.93. The van der Waals surface area contributed by atoms with Gasteiger partial charge in [0, 0.05) is 0 Å². The molecule has 0 aromatic heterocycles. The molecule has 1 atom stereocenters. The molecular weight excluding hydrogens is 230 g/mol. The Morgan fingerprint density at radius 2 is 2.12 bits per heavy atom. The number of nitrogens with zero attached hydrogens (tertiary/aromatic N) is 1. The summed E-state index contributed by atoms with van der Waals surface area (Å²) in [6.45, 7) is 1.03. The fraction of sp³-hybridized carbons (Fsp3) is 0.273. The summed E-state index contributed by atoms with van der Waals surface area (Å²) < 4.78 is 5.17. The summed E-state index contributed by atoms with van der Waals surface area (Å²) in [6.07, 6.45) is 0. The molecule has 0 aliphatic carbocycles. The number of ether oxygens (including phenoxy) is 1. The van der Waals surface area contributed by atoms with Crippen LogP contribution in [0.25, 0.3) is 0 Å². The van der Waals surface area contributed by atoms with Crippen molar-refractivity contribution in [1.29, 1.82) is 5.26 Å². The molecule has 1 aromatic rings. The molecule has 0 unspecified atom stereocenters. The molecule has 84 valence electrons. The van der Waals surface area contributed by atoms with Crippen LogP contribution in [-0.2, 0) is 4.79 Å². The van der Waals surface area contributed by atoms with E-state index in [0.29, 0.717) is 11.3 Å². The van der Waals surface area contributed by atoms with Gasteiger partial charge in [0.2, 0.25) is 0 Å². The quantitative estimate of drug-likeness (QED) is 0.808. The first-order chi connectivity index (χ1) is 7.45. The fourth-order valence-electron chi connectivity index (χ4n) is 0.906. The van der Waals surface area contributed by atoms with E-state index in [9.17, 15) is 9.90 Å². The van der Waals surface area contributed by atoms with E-state index in [1.807, 2.05) is 6.07 Å². The number of aliphatic hydroxyl groups is 1. The summed E-state index contributed by atoms with van der Waals surface area (Å²) in [5.74, 6) is 0.456. The van der Waals surface area contributed by atoms with Crippen LogP contribution in [0, 0.1) is 11.3 Å². The minimum Gasteiger partial charge on any atom is -0.490 e. The molecule has 1 N–H and O–H groups in total. The lowest BCUT2D eigenvalue weighted by Gasteiger charge is -2.18. The second kappa shape index (κ2) is 4.97. The van der Waals surface area contributed by atoms with Crippen LogP contribution in [0.2, 0.25) is 0 Å². The first-order valence-corrected chi connectivity index (χ1v) is 4.89. The van der Waals surface area contributed by atoms with Crippen LogP contribution in [0.1, 0.15) is 12.5 Å². The summed E-state index contributed by atoms with van der Waals surface area (Å²) in [5, 5.41) is 17.2. The molecule has 0 heterocycles. The minimum absolute atomic E-state index is 0.235. The molecule has 0 spiro atoms. The average Bonchev–Trinajstić information content (AvgIpc) is 2.27. The number of hydrogen-bond acceptors (Lipinski definition) is 4. The van der Waals surface area contributed by atoms with E-state index < -0.39 is 10.8 Å². The molecular formula is C11H10ClNO3. The van der Waals surface area contributed by atoms with Gasteiger partial charge in [-0.15, -0.1) is 0 Å². The highest BCUT2D eigenvalue weighted by molar-refractivity contribution is 6.65. The normalized spacial score (nSPS) is 13.6. The lowest BCUT2D eigenvalue weighted by Crippen LogP contribution is -2.38. The first kappa shape index (κ1) is 12.5. The van der Waals surface area contributed by atoms with Crippen molar-refractivity contribution >= 4 is 16.8 Å². The van der Waals surface area contributed by atoms with Gasteiger partial charge in [-0.05, 0) is 42.8 Å². The second-order valence-electron chi connectivity index (χ2n) is 3.47. The smallest absolute Gasteiger partial charge is 0.256 e. The lowest BCUT2D eigenvalue weighted by atomic mass is 10.1. The van der Waals surface area contributed by atoms with Gasteiger partial charge in [-0.1, -0.05) is 0 Å². The topological polar surface area (TPSA) is 70.3 Å². The van der Waals surface area contributed by atoms with Crippen molar-refractivity contribution in [3.05, 3.63) is 29.8 Å². The Kier molecular flexibility index (Phi) is 3.88. The van der Waals surface area contributed by atoms with Crippen LogP contribution in [-0.4, -0.2) is 22.6 Å².